The summed E-state index contributed by atoms with van der Waals surface area (Å²) in [5.41, 5.74) is 1.93. The molecular weight excluding hydrogens is 306 g/mol. The zero-order valence-electron chi connectivity index (χ0n) is 14.2. The van der Waals surface area contributed by atoms with Gasteiger partial charge in [-0.25, -0.2) is 9.97 Å². The van der Waals surface area contributed by atoms with E-state index in [1.165, 1.54) is 6.33 Å². The van der Waals surface area contributed by atoms with Gasteiger partial charge in [-0.2, -0.15) is 5.10 Å². The summed E-state index contributed by atoms with van der Waals surface area (Å²) < 4.78 is 7.53. The van der Waals surface area contributed by atoms with E-state index in [2.05, 4.69) is 15.1 Å². The predicted molar refractivity (Wildman–Crippen MR) is 88.5 cm³/mol. The van der Waals surface area contributed by atoms with Crippen molar-refractivity contribution in [3.63, 3.8) is 0 Å². The van der Waals surface area contributed by atoms with E-state index in [1.54, 1.807) is 10.9 Å². The highest BCUT2D eigenvalue weighted by atomic mass is 16.5. The van der Waals surface area contributed by atoms with Crippen molar-refractivity contribution in [2.45, 2.75) is 33.2 Å². The molecule has 2 aromatic rings. The van der Waals surface area contributed by atoms with E-state index >= 15 is 0 Å². The highest BCUT2D eigenvalue weighted by Gasteiger charge is 2.23. The Balaban J connectivity index is 1.45. The standard InChI is InChI=1S/C17H23N5O2/c1-13-14(2)18-12-19-17(13)24-11-15-4-8-21(9-5-15)16(23)10-22-7-3-6-20-22/h3,6-7,12,15H,4-5,8-11H2,1-2H3. The van der Waals surface area contributed by atoms with E-state index in [1.807, 2.05) is 31.0 Å². The first kappa shape index (κ1) is 16.4. The Morgan fingerprint density at radius 2 is 2.08 bits per heavy atom. The third-order valence-electron chi connectivity index (χ3n) is 4.57. The summed E-state index contributed by atoms with van der Waals surface area (Å²) in [6.07, 6.45) is 6.94. The minimum atomic E-state index is 0.125. The molecule has 24 heavy (non-hydrogen) atoms. The number of carbonyl (C=O) groups is 1. The quantitative estimate of drug-likeness (QED) is 0.833. The van der Waals surface area contributed by atoms with Crippen LogP contribution in [0.3, 0.4) is 0 Å². The lowest BCUT2D eigenvalue weighted by Gasteiger charge is -2.31. The molecule has 2 aromatic heterocycles. The molecule has 0 bridgehead atoms. The maximum Gasteiger partial charge on any atom is 0.244 e. The molecule has 0 unspecified atom stereocenters. The zero-order chi connectivity index (χ0) is 16.9. The Morgan fingerprint density at radius 3 is 2.79 bits per heavy atom. The third-order valence-corrected chi connectivity index (χ3v) is 4.57. The van der Waals surface area contributed by atoms with E-state index in [9.17, 15) is 4.79 Å². The van der Waals surface area contributed by atoms with Crippen LogP contribution >= 0.6 is 0 Å². The number of hydrogen-bond acceptors (Lipinski definition) is 5. The predicted octanol–water partition coefficient (Wildman–Crippen LogP) is 1.61. The Bertz CT molecular complexity index is 678. The van der Waals surface area contributed by atoms with Gasteiger partial charge in [-0.15, -0.1) is 0 Å². The van der Waals surface area contributed by atoms with Crippen LogP contribution < -0.4 is 4.74 Å². The molecule has 3 heterocycles. The minimum Gasteiger partial charge on any atom is -0.477 e. The number of amides is 1. The van der Waals surface area contributed by atoms with Gasteiger partial charge in [0.1, 0.15) is 12.9 Å². The maximum atomic E-state index is 12.3. The van der Waals surface area contributed by atoms with Gasteiger partial charge in [0.15, 0.2) is 0 Å². The molecule has 0 N–H and O–H groups in total. The van der Waals surface area contributed by atoms with Crippen molar-refractivity contribution in [3.05, 3.63) is 36.0 Å². The number of carbonyl (C=O) groups excluding carboxylic acids is 1. The summed E-state index contributed by atoms with van der Waals surface area (Å²) >= 11 is 0. The van der Waals surface area contributed by atoms with E-state index in [0.29, 0.717) is 24.9 Å². The van der Waals surface area contributed by atoms with Crippen molar-refractivity contribution in [3.8, 4) is 5.88 Å². The lowest BCUT2D eigenvalue weighted by molar-refractivity contribution is -0.133. The van der Waals surface area contributed by atoms with Crippen LogP contribution in [0.5, 0.6) is 5.88 Å². The first-order valence-corrected chi connectivity index (χ1v) is 8.29. The van der Waals surface area contributed by atoms with E-state index in [4.69, 9.17) is 4.74 Å². The van der Waals surface area contributed by atoms with Crippen LogP contribution in [-0.4, -0.2) is 50.3 Å². The van der Waals surface area contributed by atoms with Crippen molar-refractivity contribution in [2.75, 3.05) is 19.7 Å². The van der Waals surface area contributed by atoms with Crippen molar-refractivity contribution in [1.82, 2.24) is 24.6 Å². The number of ether oxygens (including phenoxy) is 1. The molecule has 3 rings (SSSR count). The molecule has 0 saturated carbocycles. The number of rotatable bonds is 5. The number of piperidine rings is 1. The summed E-state index contributed by atoms with van der Waals surface area (Å²) in [6, 6.07) is 1.83. The van der Waals surface area contributed by atoms with Crippen molar-refractivity contribution < 1.29 is 9.53 Å². The number of nitrogens with zero attached hydrogens (tertiary/aromatic N) is 5. The van der Waals surface area contributed by atoms with Gasteiger partial charge >= 0.3 is 0 Å². The van der Waals surface area contributed by atoms with Gasteiger partial charge < -0.3 is 9.64 Å². The van der Waals surface area contributed by atoms with Crippen molar-refractivity contribution >= 4 is 5.91 Å². The topological polar surface area (TPSA) is 73.1 Å². The molecule has 1 saturated heterocycles. The molecular formula is C17H23N5O2. The van der Waals surface area contributed by atoms with Gasteiger partial charge in [0.05, 0.1) is 6.61 Å². The summed E-state index contributed by atoms with van der Waals surface area (Å²) in [4.78, 5) is 22.5. The Kier molecular flexibility index (Phi) is 5.08. The fraction of sp³-hybridized carbons (Fsp3) is 0.529. The molecule has 0 radical (unpaired) electrons. The second kappa shape index (κ2) is 7.42. The first-order chi connectivity index (χ1) is 11.6. The van der Waals surface area contributed by atoms with Crippen LogP contribution in [-0.2, 0) is 11.3 Å². The third kappa shape index (κ3) is 3.90. The molecule has 0 aromatic carbocycles. The Hall–Kier alpha value is -2.44. The molecule has 0 atom stereocenters. The number of aryl methyl sites for hydroxylation is 1. The smallest absolute Gasteiger partial charge is 0.244 e. The lowest BCUT2D eigenvalue weighted by atomic mass is 9.98. The molecule has 1 aliphatic rings. The van der Waals surface area contributed by atoms with Gasteiger partial charge in [0, 0.05) is 36.7 Å². The number of hydrogen-bond donors (Lipinski definition) is 0. The number of likely N-dealkylation sites (tertiary alicyclic amines) is 1. The SMILES string of the molecule is Cc1ncnc(OCC2CCN(C(=O)Cn3cccn3)CC2)c1C. The monoisotopic (exact) mass is 329 g/mol. The van der Waals surface area contributed by atoms with Crippen LogP contribution in [0, 0.1) is 19.8 Å². The van der Waals surface area contributed by atoms with Crippen LogP contribution in [0.15, 0.2) is 24.8 Å². The molecule has 1 aliphatic heterocycles. The maximum absolute atomic E-state index is 12.3. The molecule has 128 valence electrons. The lowest BCUT2D eigenvalue weighted by Crippen LogP contribution is -2.41. The van der Waals surface area contributed by atoms with Gasteiger partial charge in [-0.1, -0.05) is 0 Å². The van der Waals surface area contributed by atoms with Gasteiger partial charge in [0.2, 0.25) is 11.8 Å². The van der Waals surface area contributed by atoms with Crippen LogP contribution in [0.25, 0.3) is 0 Å². The van der Waals surface area contributed by atoms with Crippen LogP contribution in [0.2, 0.25) is 0 Å². The zero-order valence-corrected chi connectivity index (χ0v) is 14.2. The molecule has 0 spiro atoms. The summed E-state index contributed by atoms with van der Waals surface area (Å²) in [6.45, 7) is 6.42. The molecule has 0 aliphatic carbocycles. The van der Waals surface area contributed by atoms with Gasteiger partial charge in [0.25, 0.3) is 0 Å². The summed E-state index contributed by atoms with van der Waals surface area (Å²) in [5, 5.41) is 4.08. The minimum absolute atomic E-state index is 0.125. The van der Waals surface area contributed by atoms with Crippen molar-refractivity contribution in [2.24, 2.45) is 5.92 Å². The molecule has 1 amide bonds. The highest BCUT2D eigenvalue weighted by molar-refractivity contribution is 5.75. The van der Waals surface area contributed by atoms with E-state index < -0.39 is 0 Å². The van der Waals surface area contributed by atoms with Crippen molar-refractivity contribution in [1.29, 1.82) is 0 Å². The fourth-order valence-corrected chi connectivity index (χ4v) is 2.84. The molecule has 7 heteroatoms. The van der Waals surface area contributed by atoms with Gasteiger partial charge in [-0.05, 0) is 38.7 Å². The fourth-order valence-electron chi connectivity index (χ4n) is 2.84. The summed E-state index contributed by atoms with van der Waals surface area (Å²) in [7, 11) is 0. The second-order valence-electron chi connectivity index (χ2n) is 6.23. The Labute approximate surface area is 141 Å². The summed E-state index contributed by atoms with van der Waals surface area (Å²) in [5.74, 6) is 1.24. The normalized spacial score (nSPS) is 15.5. The molecule has 7 nitrogen and oxygen atoms in total. The average molecular weight is 329 g/mol. The second-order valence-corrected chi connectivity index (χ2v) is 6.23. The average Bonchev–Trinajstić information content (AvgIpc) is 3.09. The number of aromatic nitrogens is 4. The Morgan fingerprint density at radius 1 is 1.29 bits per heavy atom. The van der Waals surface area contributed by atoms with Crippen LogP contribution in [0.4, 0.5) is 0 Å². The van der Waals surface area contributed by atoms with E-state index in [0.717, 1.165) is 37.2 Å². The highest BCUT2D eigenvalue weighted by Crippen LogP contribution is 2.21. The molecule has 1 fully saturated rings. The van der Waals surface area contributed by atoms with E-state index in [-0.39, 0.29) is 5.91 Å². The largest absolute Gasteiger partial charge is 0.477 e. The van der Waals surface area contributed by atoms with Crippen LogP contribution in [0.1, 0.15) is 24.1 Å². The first-order valence-electron chi connectivity index (χ1n) is 8.29. The van der Waals surface area contributed by atoms with Gasteiger partial charge in [-0.3, -0.25) is 9.48 Å².